The lowest BCUT2D eigenvalue weighted by Crippen LogP contribution is -2.67. The molecule has 2 N–H and O–H groups in total. The topological polar surface area (TPSA) is 104 Å². The third-order valence-electron chi connectivity index (χ3n) is 7.83. The number of hydrogen-bond donors (Lipinski definition) is 2. The monoisotopic (exact) mass is 720 g/mol. The van der Waals surface area contributed by atoms with Gasteiger partial charge in [-0.15, -0.1) is 0 Å². The fourth-order valence-corrected chi connectivity index (χ4v) is 10.8. The Morgan fingerprint density at radius 1 is 1.12 bits per heavy atom. The highest BCUT2D eigenvalue weighted by molar-refractivity contribution is 8.28. The van der Waals surface area contributed by atoms with E-state index < -0.39 is 60.5 Å². The predicted octanol–water partition coefficient (Wildman–Crippen LogP) is 3.23. The zero-order valence-corrected chi connectivity index (χ0v) is 29.9. The molecule has 1 saturated heterocycles. The fraction of sp³-hybridized carbons (Fsp3) is 0.424. The first kappa shape index (κ1) is 37.4. The molecule has 1 fully saturated rings. The zero-order valence-electron chi connectivity index (χ0n) is 27.3. The molecule has 0 radical (unpaired) electrons. The number of carbonyl (C=O) groups is 1. The first-order chi connectivity index (χ1) is 22.7. The fourth-order valence-electron chi connectivity index (χ4n) is 5.67. The highest BCUT2D eigenvalue weighted by Gasteiger charge is 2.51. The molecule has 48 heavy (non-hydrogen) atoms. The Labute approximate surface area is 286 Å². The number of nitrogens with one attached hydrogen (secondary N) is 2. The second-order valence-electron chi connectivity index (χ2n) is 12.2. The van der Waals surface area contributed by atoms with Gasteiger partial charge in [-0.3, -0.25) is 9.36 Å². The van der Waals surface area contributed by atoms with Gasteiger partial charge in [-0.1, -0.05) is 103 Å². The van der Waals surface area contributed by atoms with Crippen LogP contribution in [0.1, 0.15) is 39.0 Å². The van der Waals surface area contributed by atoms with Crippen LogP contribution in [0.3, 0.4) is 0 Å². The number of hydrogen-bond acceptors (Lipinski definition) is 8. The molecule has 3 aromatic rings. The van der Waals surface area contributed by atoms with Crippen LogP contribution in [-0.2, 0) is 39.3 Å². The Balaban J connectivity index is 1.66. The van der Waals surface area contributed by atoms with Crippen LogP contribution in [-0.4, -0.2) is 74.6 Å². The summed E-state index contributed by atoms with van der Waals surface area (Å²) in [5.74, 6) is 3.52. The maximum Gasteiger partial charge on any atom is 0.471 e. The number of nitrogens with zero attached hydrogens (tertiary/aromatic N) is 2. The highest BCUT2D eigenvalue weighted by atomic mass is 32.8. The maximum atomic E-state index is 13.2. The molecule has 2 unspecified atom stereocenters. The first-order valence-electron chi connectivity index (χ1n) is 15.1. The highest BCUT2D eigenvalue weighted by Crippen LogP contribution is 2.38. The average Bonchev–Trinajstić information content (AvgIpc) is 3.45. The van der Waals surface area contributed by atoms with Crippen molar-refractivity contribution >= 4 is 51.1 Å². The predicted molar refractivity (Wildman–Crippen MR) is 186 cm³/mol. The summed E-state index contributed by atoms with van der Waals surface area (Å²) >= 11 is 5.39. The van der Waals surface area contributed by atoms with Crippen LogP contribution in [0.4, 0.5) is 19.0 Å². The van der Waals surface area contributed by atoms with E-state index in [-0.39, 0.29) is 29.4 Å². The second kappa shape index (κ2) is 15.9. The van der Waals surface area contributed by atoms with Crippen LogP contribution in [0.5, 0.6) is 0 Å². The van der Waals surface area contributed by atoms with Crippen molar-refractivity contribution in [2.75, 3.05) is 37.7 Å². The minimum absolute atomic E-state index is 0.129. The minimum Gasteiger partial charge on any atom is -0.405 e. The van der Waals surface area contributed by atoms with Gasteiger partial charge in [0.15, 0.2) is 0 Å². The summed E-state index contributed by atoms with van der Waals surface area (Å²) < 4.78 is 58.8. The van der Waals surface area contributed by atoms with Gasteiger partial charge in [-0.05, 0) is 32.9 Å². The molecule has 1 amide bonds. The Hall–Kier alpha value is -3.39. The van der Waals surface area contributed by atoms with E-state index in [9.17, 15) is 22.8 Å². The molecule has 4 atom stereocenters. The number of amides is 1. The Kier molecular flexibility index (Phi) is 12.4. The number of alkyl halides is 3. The smallest absolute Gasteiger partial charge is 0.405 e. The van der Waals surface area contributed by atoms with Gasteiger partial charge in [-0.2, -0.15) is 18.2 Å². The minimum atomic E-state index is -5.02. The Morgan fingerprint density at radius 2 is 1.73 bits per heavy atom. The van der Waals surface area contributed by atoms with Gasteiger partial charge in [0.1, 0.15) is 18.1 Å². The quantitative estimate of drug-likeness (QED) is 0.230. The molecule has 2 heterocycles. The second-order valence-corrected chi connectivity index (χ2v) is 19.6. The van der Waals surface area contributed by atoms with E-state index in [0.29, 0.717) is 5.94 Å². The van der Waals surface area contributed by atoms with Gasteiger partial charge in [0, 0.05) is 19.7 Å². The molecule has 2 aromatic carbocycles. The Bertz CT molecular complexity index is 1670. The maximum absolute atomic E-state index is 13.2. The van der Waals surface area contributed by atoms with Crippen LogP contribution in [0, 0.1) is 11.8 Å². The SMILES string of the molecule is CNc1nc(=O)n([C@H]2CC(OCS(C)=S)[C@@H](CO[Si](c3ccccc3)(c3ccccc3)C(C)(C)C)O2)cc1C#CCNC(=O)C(F)(F)F. The zero-order chi connectivity index (χ0) is 35.1. The van der Waals surface area contributed by atoms with Crippen molar-refractivity contribution in [1.29, 1.82) is 0 Å². The molecule has 9 nitrogen and oxygen atoms in total. The largest absolute Gasteiger partial charge is 0.471 e. The molecular formula is C33H39F3N4O5S2Si. The number of benzene rings is 2. The van der Waals surface area contributed by atoms with Crippen molar-refractivity contribution < 1.29 is 31.9 Å². The van der Waals surface area contributed by atoms with E-state index in [4.69, 9.17) is 25.1 Å². The molecule has 1 aromatic heterocycles. The third kappa shape index (κ3) is 8.79. The lowest BCUT2D eigenvalue weighted by molar-refractivity contribution is -0.173. The number of anilines is 1. The van der Waals surface area contributed by atoms with Gasteiger partial charge in [0.25, 0.3) is 8.32 Å². The van der Waals surface area contributed by atoms with Crippen molar-refractivity contribution in [2.45, 2.75) is 56.8 Å². The number of aromatic nitrogens is 2. The molecule has 4 rings (SSSR count). The summed E-state index contributed by atoms with van der Waals surface area (Å²) in [5, 5.41) is 6.41. The third-order valence-corrected chi connectivity index (χ3v) is 13.6. The van der Waals surface area contributed by atoms with Crippen LogP contribution in [0.15, 0.2) is 71.7 Å². The molecule has 0 aliphatic carbocycles. The molecule has 1 aliphatic rings. The van der Waals surface area contributed by atoms with Crippen molar-refractivity contribution in [3.63, 3.8) is 0 Å². The lowest BCUT2D eigenvalue weighted by Gasteiger charge is -2.43. The van der Waals surface area contributed by atoms with Gasteiger partial charge in [0.05, 0.1) is 30.8 Å². The van der Waals surface area contributed by atoms with Gasteiger partial charge < -0.3 is 24.5 Å². The molecule has 15 heteroatoms. The average molecular weight is 721 g/mol. The summed E-state index contributed by atoms with van der Waals surface area (Å²) in [6, 6.07) is 20.4. The van der Waals surface area contributed by atoms with Gasteiger partial charge >= 0.3 is 17.8 Å². The van der Waals surface area contributed by atoms with Crippen molar-refractivity contribution in [1.82, 2.24) is 14.9 Å². The van der Waals surface area contributed by atoms with E-state index >= 15 is 0 Å². The molecule has 0 saturated carbocycles. The van der Waals surface area contributed by atoms with E-state index in [1.165, 1.54) is 17.8 Å². The molecule has 0 spiro atoms. The van der Waals surface area contributed by atoms with Crippen LogP contribution < -0.4 is 26.7 Å². The van der Waals surface area contributed by atoms with E-state index in [0.717, 1.165) is 10.4 Å². The number of carbonyl (C=O) groups excluding carboxylic acids is 1. The molecule has 0 bridgehead atoms. The van der Waals surface area contributed by atoms with Crippen molar-refractivity contribution in [2.24, 2.45) is 0 Å². The lowest BCUT2D eigenvalue weighted by atomic mass is 10.2. The summed E-state index contributed by atoms with van der Waals surface area (Å²) in [6.45, 7) is 6.15. The Morgan fingerprint density at radius 3 is 2.25 bits per heavy atom. The van der Waals surface area contributed by atoms with Crippen LogP contribution in [0.25, 0.3) is 0 Å². The number of halogens is 3. The van der Waals surface area contributed by atoms with Crippen molar-refractivity contribution in [3.8, 4) is 11.8 Å². The summed E-state index contributed by atoms with van der Waals surface area (Å²) in [6.07, 6.45) is -3.24. The standard InChI is InChI=1S/C33H39F3N4O5S2Si/c1-32(2,3)48(24-14-8-6-9-15-24,25-16-10-7-11-17-25)44-21-27-26(43-22-47(5)46)19-28(45-27)40-20-23(29(37-4)39-31(40)42)13-12-18-38-30(41)33(34,35)36/h6-11,14-17,20,26-28H,18-19,21-22H2,1-5H3,(H,38,41)(H,37,39,42)/t26?,27-,28-,47?/m1/s1. The van der Waals surface area contributed by atoms with Crippen molar-refractivity contribution in [3.05, 3.63) is 82.9 Å². The number of ether oxygens (including phenoxy) is 2. The van der Waals surface area contributed by atoms with E-state index in [1.807, 2.05) is 42.7 Å². The first-order valence-corrected chi connectivity index (χ1v) is 19.8. The number of rotatable bonds is 11. The van der Waals surface area contributed by atoms with E-state index in [2.05, 4.69) is 67.2 Å². The summed E-state index contributed by atoms with van der Waals surface area (Å²) in [4.78, 5) is 28.4. The summed E-state index contributed by atoms with van der Waals surface area (Å²) in [7, 11) is -1.83. The molecular weight excluding hydrogens is 682 g/mol. The van der Waals surface area contributed by atoms with Crippen LogP contribution in [0.2, 0.25) is 5.04 Å². The normalized spacial score (nSPS) is 18.9. The molecule has 1 aliphatic heterocycles. The van der Waals surface area contributed by atoms with Crippen LogP contribution >= 0.6 is 0 Å². The van der Waals surface area contributed by atoms with Gasteiger partial charge in [-0.25, -0.2) is 4.79 Å². The van der Waals surface area contributed by atoms with E-state index in [1.54, 1.807) is 5.32 Å². The van der Waals surface area contributed by atoms with Gasteiger partial charge in [0.2, 0.25) is 0 Å². The molecule has 258 valence electrons. The summed E-state index contributed by atoms with van der Waals surface area (Å²) in [5.41, 5.74) is -0.391.